The summed E-state index contributed by atoms with van der Waals surface area (Å²) in [7, 11) is 0. The molecule has 0 aromatic heterocycles. The highest BCUT2D eigenvalue weighted by Gasteiger charge is 2.69. The monoisotopic (exact) mass is 291 g/mol. The molecule has 4 aliphatic rings. The Morgan fingerprint density at radius 1 is 1.43 bits per heavy atom. The summed E-state index contributed by atoms with van der Waals surface area (Å²) in [5, 5.41) is 3.33. The minimum atomic E-state index is -0.0722. The fraction of sp³-hybridized carbons (Fsp3) is 0.824. The lowest BCUT2D eigenvalue weighted by Crippen LogP contribution is -2.37. The van der Waals surface area contributed by atoms with Crippen molar-refractivity contribution < 1.29 is 14.3 Å². The number of rotatable bonds is 3. The molecule has 4 nitrogen and oxygen atoms in total. The van der Waals surface area contributed by atoms with Crippen LogP contribution in [0.15, 0.2) is 11.1 Å². The zero-order valence-electron chi connectivity index (χ0n) is 13.1. The van der Waals surface area contributed by atoms with Crippen molar-refractivity contribution in [3.05, 3.63) is 11.1 Å². The highest BCUT2D eigenvalue weighted by molar-refractivity contribution is 5.76. The van der Waals surface area contributed by atoms with Gasteiger partial charge in [-0.3, -0.25) is 4.79 Å². The highest BCUT2D eigenvalue weighted by Crippen LogP contribution is 2.62. The number of esters is 1. The molecule has 1 saturated carbocycles. The minimum Gasteiger partial charge on any atom is -0.461 e. The van der Waals surface area contributed by atoms with Gasteiger partial charge in [0.15, 0.2) is 0 Å². The molecule has 0 radical (unpaired) electrons. The van der Waals surface area contributed by atoms with Crippen molar-refractivity contribution in [3.63, 3.8) is 0 Å². The van der Waals surface area contributed by atoms with Gasteiger partial charge in [-0.2, -0.15) is 0 Å². The van der Waals surface area contributed by atoms with E-state index >= 15 is 0 Å². The molecule has 0 bridgehead atoms. The number of allylic oxidation sites excluding steroid dienone is 1. The molecular weight excluding hydrogens is 266 g/mol. The summed E-state index contributed by atoms with van der Waals surface area (Å²) in [5.74, 6) is 0.653. The summed E-state index contributed by atoms with van der Waals surface area (Å²) in [6, 6.07) is 0. The van der Waals surface area contributed by atoms with Crippen molar-refractivity contribution in [2.75, 3.05) is 13.1 Å². The normalized spacial score (nSPS) is 47.6. The first-order chi connectivity index (χ1) is 10.1. The smallest absolute Gasteiger partial charge is 0.310 e. The van der Waals surface area contributed by atoms with Crippen LogP contribution in [0.3, 0.4) is 0 Å². The molecule has 0 spiro atoms. The number of hydrogen-bond acceptors (Lipinski definition) is 4. The van der Waals surface area contributed by atoms with Crippen LogP contribution in [-0.2, 0) is 14.3 Å². The van der Waals surface area contributed by atoms with E-state index in [1.54, 1.807) is 0 Å². The maximum absolute atomic E-state index is 12.3. The number of carbonyl (C=O) groups is 1. The quantitative estimate of drug-likeness (QED) is 0.491. The van der Waals surface area contributed by atoms with E-state index in [4.69, 9.17) is 9.47 Å². The second-order valence-electron chi connectivity index (χ2n) is 7.30. The number of hydrogen-bond donors (Lipinski definition) is 1. The first-order valence-electron chi connectivity index (χ1n) is 8.33. The summed E-state index contributed by atoms with van der Waals surface area (Å²) in [6.45, 7) is 8.19. The third kappa shape index (κ3) is 1.85. The van der Waals surface area contributed by atoms with Crippen LogP contribution in [-0.4, -0.2) is 36.9 Å². The van der Waals surface area contributed by atoms with Gasteiger partial charge in [-0.25, -0.2) is 0 Å². The topological polar surface area (TPSA) is 50.9 Å². The molecule has 6 atom stereocenters. The average Bonchev–Trinajstić information content (AvgIpc) is 2.92. The van der Waals surface area contributed by atoms with Gasteiger partial charge in [-0.05, 0) is 39.7 Å². The Bertz CT molecular complexity index is 514. The third-order valence-electron chi connectivity index (χ3n) is 6.21. The molecule has 1 N–H and O–H groups in total. The summed E-state index contributed by atoms with van der Waals surface area (Å²) in [6.07, 6.45) is 3.61. The molecule has 0 aromatic rings. The minimum absolute atomic E-state index is 0.00227. The van der Waals surface area contributed by atoms with Crippen molar-refractivity contribution >= 4 is 5.97 Å². The van der Waals surface area contributed by atoms with E-state index in [0.29, 0.717) is 17.9 Å². The maximum Gasteiger partial charge on any atom is 0.310 e. The van der Waals surface area contributed by atoms with Gasteiger partial charge in [0.25, 0.3) is 0 Å². The van der Waals surface area contributed by atoms with Crippen LogP contribution in [0.25, 0.3) is 0 Å². The second-order valence-corrected chi connectivity index (χ2v) is 7.30. The van der Waals surface area contributed by atoms with Crippen LogP contribution < -0.4 is 5.32 Å². The van der Waals surface area contributed by atoms with Gasteiger partial charge in [-0.15, -0.1) is 0 Å². The Balaban J connectivity index is 1.65. The number of nitrogens with one attached hydrogen (secondary N) is 1. The van der Waals surface area contributed by atoms with Crippen molar-refractivity contribution in [2.24, 2.45) is 17.8 Å². The van der Waals surface area contributed by atoms with E-state index in [2.05, 4.69) is 26.1 Å². The Morgan fingerprint density at radius 2 is 2.24 bits per heavy atom. The molecule has 0 unspecified atom stereocenters. The number of carbonyl (C=O) groups excluding carboxylic acids is 1. The van der Waals surface area contributed by atoms with E-state index in [9.17, 15) is 4.79 Å². The first-order valence-corrected chi connectivity index (χ1v) is 8.33. The summed E-state index contributed by atoms with van der Waals surface area (Å²) in [4.78, 5) is 12.3. The summed E-state index contributed by atoms with van der Waals surface area (Å²) < 4.78 is 11.8. The molecule has 2 aliphatic carbocycles. The fourth-order valence-corrected chi connectivity index (χ4v) is 4.90. The third-order valence-corrected chi connectivity index (χ3v) is 6.21. The first kappa shape index (κ1) is 13.8. The number of ether oxygens (including phenoxy) is 2. The largest absolute Gasteiger partial charge is 0.461 e. The molecule has 0 amide bonds. The maximum atomic E-state index is 12.3. The molecule has 0 aromatic carbocycles. The van der Waals surface area contributed by atoms with Crippen LogP contribution in [0.2, 0.25) is 0 Å². The SMILES string of the molecule is CCNC[C@@H]1C(=O)O[C@H]2[C@H]1CCC(C)=C1C[C@H]3O[C@@]3(C)[C@@H]12. The molecule has 3 fully saturated rings. The van der Waals surface area contributed by atoms with E-state index in [0.717, 1.165) is 32.4 Å². The van der Waals surface area contributed by atoms with Crippen molar-refractivity contribution in [1.82, 2.24) is 5.32 Å². The molecule has 4 heteroatoms. The molecule has 4 rings (SSSR count). The van der Waals surface area contributed by atoms with Gasteiger partial charge in [0.1, 0.15) is 11.7 Å². The summed E-state index contributed by atoms with van der Waals surface area (Å²) >= 11 is 0. The van der Waals surface area contributed by atoms with Crippen LogP contribution in [0.4, 0.5) is 0 Å². The lowest BCUT2D eigenvalue weighted by atomic mass is 9.78. The number of fused-ring (bicyclic) bond motifs is 5. The van der Waals surface area contributed by atoms with Crippen molar-refractivity contribution in [3.8, 4) is 0 Å². The average molecular weight is 291 g/mol. The van der Waals surface area contributed by atoms with E-state index < -0.39 is 0 Å². The lowest BCUT2D eigenvalue weighted by molar-refractivity contribution is -0.146. The molecule has 116 valence electrons. The van der Waals surface area contributed by atoms with E-state index in [1.165, 1.54) is 11.1 Å². The number of epoxide rings is 1. The molecule has 21 heavy (non-hydrogen) atoms. The molecule has 2 saturated heterocycles. The standard InChI is InChI=1S/C17H25NO3/c1-4-18-8-12-10-6-5-9(2)11-7-13-17(3,21-13)14(11)15(10)20-16(12)19/h10,12-15,18H,4-8H2,1-3H3/t10-,12-,13+,14-,15-,17+/m0/s1. The Kier molecular flexibility index (Phi) is 2.99. The van der Waals surface area contributed by atoms with Gasteiger partial charge in [0.2, 0.25) is 0 Å². The van der Waals surface area contributed by atoms with Crippen LogP contribution in [0.5, 0.6) is 0 Å². The van der Waals surface area contributed by atoms with Crippen LogP contribution >= 0.6 is 0 Å². The van der Waals surface area contributed by atoms with Gasteiger partial charge < -0.3 is 14.8 Å². The van der Waals surface area contributed by atoms with Gasteiger partial charge in [0.05, 0.1) is 12.0 Å². The predicted octanol–water partition coefficient (Wildman–Crippen LogP) is 2.04. The Hall–Kier alpha value is -0.870. The van der Waals surface area contributed by atoms with Gasteiger partial charge in [0, 0.05) is 18.4 Å². The Labute approximate surface area is 126 Å². The van der Waals surface area contributed by atoms with Gasteiger partial charge >= 0.3 is 5.97 Å². The zero-order chi connectivity index (χ0) is 14.8. The van der Waals surface area contributed by atoms with Crippen molar-refractivity contribution in [1.29, 1.82) is 0 Å². The molecular formula is C17H25NO3. The van der Waals surface area contributed by atoms with Crippen LogP contribution in [0, 0.1) is 17.8 Å². The van der Waals surface area contributed by atoms with Crippen molar-refractivity contribution in [2.45, 2.75) is 57.8 Å². The predicted molar refractivity (Wildman–Crippen MR) is 78.7 cm³/mol. The van der Waals surface area contributed by atoms with E-state index in [-0.39, 0.29) is 23.6 Å². The molecule has 2 heterocycles. The van der Waals surface area contributed by atoms with E-state index in [1.807, 2.05) is 0 Å². The van der Waals surface area contributed by atoms with Crippen LogP contribution in [0.1, 0.15) is 40.0 Å². The lowest BCUT2D eigenvalue weighted by Gasteiger charge is -2.28. The molecule has 2 aliphatic heterocycles. The van der Waals surface area contributed by atoms with Gasteiger partial charge in [-0.1, -0.05) is 18.1 Å². The summed E-state index contributed by atoms with van der Waals surface area (Å²) in [5.41, 5.74) is 2.97. The fourth-order valence-electron chi connectivity index (χ4n) is 4.90. The Morgan fingerprint density at radius 3 is 3.00 bits per heavy atom. The zero-order valence-corrected chi connectivity index (χ0v) is 13.1. The highest BCUT2D eigenvalue weighted by atomic mass is 16.6. The second kappa shape index (κ2) is 4.56.